The van der Waals surface area contributed by atoms with Gasteiger partial charge in [-0.3, -0.25) is 4.79 Å². The van der Waals surface area contributed by atoms with Gasteiger partial charge < -0.3 is 16.4 Å². The molecule has 0 atom stereocenters. The molecule has 154 valence electrons. The number of carbonyl (C=O) groups excluding carboxylic acids is 2. The van der Waals surface area contributed by atoms with Crippen LogP contribution in [0.5, 0.6) is 0 Å². The minimum absolute atomic E-state index is 0.135. The second-order valence-electron chi connectivity index (χ2n) is 6.66. The average molecular weight is 420 g/mol. The molecule has 8 nitrogen and oxygen atoms in total. The number of nitrogens with zero attached hydrogens (tertiary/aromatic N) is 1. The van der Waals surface area contributed by atoms with Gasteiger partial charge in [0, 0.05) is 30.4 Å². The first kappa shape index (κ1) is 20.7. The minimum Gasteiger partial charge on any atom is -0.351 e. The molecule has 1 heterocycles. The van der Waals surface area contributed by atoms with Crippen LogP contribution in [0.3, 0.4) is 0 Å². The molecule has 0 aromatic heterocycles. The van der Waals surface area contributed by atoms with E-state index in [1.807, 2.05) is 0 Å². The largest absolute Gasteiger partial charge is 0.351 e. The molecule has 1 aliphatic heterocycles. The van der Waals surface area contributed by atoms with Crippen molar-refractivity contribution in [3.63, 3.8) is 0 Å². The Bertz CT molecular complexity index is 1000. The smallest absolute Gasteiger partial charge is 0.316 e. The van der Waals surface area contributed by atoms with Gasteiger partial charge >= 0.3 is 6.03 Å². The van der Waals surface area contributed by atoms with E-state index < -0.39 is 21.9 Å². The summed E-state index contributed by atoms with van der Waals surface area (Å²) < 4.78 is 40.4. The highest BCUT2D eigenvalue weighted by Gasteiger charge is 2.33. The van der Waals surface area contributed by atoms with Gasteiger partial charge in [-0.1, -0.05) is 12.1 Å². The van der Waals surface area contributed by atoms with Crippen LogP contribution in [0.4, 0.5) is 20.6 Å². The van der Waals surface area contributed by atoms with Gasteiger partial charge in [0.25, 0.3) is 0 Å². The van der Waals surface area contributed by atoms with Crippen molar-refractivity contribution in [1.82, 2.24) is 4.31 Å². The van der Waals surface area contributed by atoms with Crippen molar-refractivity contribution in [3.8, 4) is 0 Å². The fourth-order valence-electron chi connectivity index (χ4n) is 3.17. The van der Waals surface area contributed by atoms with Crippen molar-refractivity contribution in [2.24, 2.45) is 11.7 Å². The number of hydrogen-bond acceptors (Lipinski definition) is 4. The van der Waals surface area contributed by atoms with Crippen molar-refractivity contribution >= 4 is 33.3 Å². The topological polar surface area (TPSA) is 122 Å². The molecular weight excluding hydrogens is 399 g/mol. The molecule has 0 saturated carbocycles. The lowest BCUT2D eigenvalue weighted by Gasteiger charge is -2.30. The summed E-state index contributed by atoms with van der Waals surface area (Å²) in [7, 11) is -3.93. The van der Waals surface area contributed by atoms with Crippen LogP contribution in [0.2, 0.25) is 0 Å². The molecule has 1 fully saturated rings. The Balaban J connectivity index is 1.58. The Labute approximate surface area is 167 Å². The number of primary amides is 1. The zero-order chi connectivity index (χ0) is 21.0. The second-order valence-corrected chi connectivity index (χ2v) is 8.57. The van der Waals surface area contributed by atoms with Crippen LogP contribution in [-0.4, -0.2) is 37.8 Å². The number of nitrogens with two attached hydrogens (primary N) is 1. The first-order chi connectivity index (χ1) is 13.8. The van der Waals surface area contributed by atoms with E-state index >= 15 is 0 Å². The highest BCUT2D eigenvalue weighted by atomic mass is 32.2. The molecule has 29 heavy (non-hydrogen) atoms. The van der Waals surface area contributed by atoms with Crippen molar-refractivity contribution < 1.29 is 22.4 Å². The quantitative estimate of drug-likeness (QED) is 0.687. The van der Waals surface area contributed by atoms with Gasteiger partial charge in [-0.25, -0.2) is 17.6 Å². The molecule has 0 spiro atoms. The van der Waals surface area contributed by atoms with Crippen molar-refractivity contribution in [2.75, 3.05) is 23.7 Å². The SMILES string of the molecule is NC(=O)Nc1ccc(NC(=O)C2CCN(S(=O)(=O)c3ccccc3F)CC2)cc1. The third kappa shape index (κ3) is 4.90. The highest BCUT2D eigenvalue weighted by Crippen LogP contribution is 2.26. The number of carbonyl (C=O) groups is 2. The van der Waals surface area contributed by atoms with Gasteiger partial charge in [0.15, 0.2) is 0 Å². The number of anilines is 2. The molecule has 4 N–H and O–H groups in total. The molecule has 3 amide bonds. The lowest BCUT2D eigenvalue weighted by atomic mass is 9.97. The fourth-order valence-corrected chi connectivity index (χ4v) is 4.71. The van der Waals surface area contributed by atoms with Gasteiger partial charge in [-0.05, 0) is 49.2 Å². The number of urea groups is 1. The van der Waals surface area contributed by atoms with Crippen LogP contribution in [0.25, 0.3) is 0 Å². The summed E-state index contributed by atoms with van der Waals surface area (Å²) in [4.78, 5) is 22.9. The molecule has 1 aliphatic rings. The van der Waals surface area contributed by atoms with E-state index in [0.717, 1.165) is 6.07 Å². The Morgan fingerprint density at radius 2 is 1.52 bits per heavy atom. The van der Waals surface area contributed by atoms with E-state index in [1.54, 1.807) is 24.3 Å². The van der Waals surface area contributed by atoms with Gasteiger partial charge in [0.1, 0.15) is 10.7 Å². The van der Waals surface area contributed by atoms with Crippen molar-refractivity contribution in [2.45, 2.75) is 17.7 Å². The summed E-state index contributed by atoms with van der Waals surface area (Å²) in [5, 5.41) is 5.20. The van der Waals surface area contributed by atoms with Crippen molar-refractivity contribution in [3.05, 3.63) is 54.3 Å². The Morgan fingerprint density at radius 3 is 2.07 bits per heavy atom. The number of halogens is 1. The zero-order valence-electron chi connectivity index (χ0n) is 15.5. The van der Waals surface area contributed by atoms with Crippen LogP contribution >= 0.6 is 0 Å². The third-order valence-corrected chi connectivity index (χ3v) is 6.63. The maximum Gasteiger partial charge on any atom is 0.316 e. The molecule has 0 unspecified atom stereocenters. The summed E-state index contributed by atoms with van der Waals surface area (Å²) in [6, 6.07) is 11.0. The molecule has 0 radical (unpaired) electrons. The van der Waals surface area contributed by atoms with Gasteiger partial charge in [-0.2, -0.15) is 4.31 Å². The normalized spacial score (nSPS) is 15.6. The van der Waals surface area contributed by atoms with E-state index in [9.17, 15) is 22.4 Å². The number of sulfonamides is 1. The first-order valence-electron chi connectivity index (χ1n) is 8.99. The Morgan fingerprint density at radius 1 is 0.966 bits per heavy atom. The summed E-state index contributed by atoms with van der Waals surface area (Å²) in [5.74, 6) is -1.37. The van der Waals surface area contributed by atoms with Crippen molar-refractivity contribution in [1.29, 1.82) is 0 Å². The Hall–Kier alpha value is -2.98. The maximum absolute atomic E-state index is 13.9. The first-order valence-corrected chi connectivity index (χ1v) is 10.4. The zero-order valence-corrected chi connectivity index (χ0v) is 16.3. The molecule has 2 aromatic rings. The second kappa shape index (κ2) is 8.58. The standard InChI is InChI=1S/C19H21FN4O4S/c20-16-3-1-2-4-17(16)29(27,28)24-11-9-13(10-12-24)18(25)22-14-5-7-15(8-6-14)23-19(21)26/h1-8,13H,9-12H2,(H,22,25)(H3,21,23,26). The third-order valence-electron chi connectivity index (χ3n) is 4.70. The van der Waals surface area contributed by atoms with Crippen LogP contribution in [0.15, 0.2) is 53.4 Å². The monoisotopic (exact) mass is 420 g/mol. The van der Waals surface area contributed by atoms with Gasteiger partial charge in [0.05, 0.1) is 0 Å². The van der Waals surface area contributed by atoms with E-state index in [1.165, 1.54) is 22.5 Å². The molecule has 10 heteroatoms. The van der Waals surface area contributed by atoms with E-state index in [0.29, 0.717) is 24.2 Å². The molecule has 2 aromatic carbocycles. The summed E-state index contributed by atoms with van der Waals surface area (Å²) in [6.45, 7) is 0.270. The number of benzene rings is 2. The number of hydrogen-bond donors (Lipinski definition) is 3. The van der Waals surface area contributed by atoms with Gasteiger partial charge in [0.2, 0.25) is 15.9 Å². The summed E-state index contributed by atoms with van der Waals surface area (Å²) in [5.41, 5.74) is 6.09. The molecule has 3 rings (SSSR count). The predicted molar refractivity (Wildman–Crippen MR) is 106 cm³/mol. The summed E-state index contributed by atoms with van der Waals surface area (Å²) >= 11 is 0. The van der Waals surface area contributed by atoms with Crippen LogP contribution in [-0.2, 0) is 14.8 Å². The molecular formula is C19H21FN4O4S. The highest BCUT2D eigenvalue weighted by molar-refractivity contribution is 7.89. The lowest BCUT2D eigenvalue weighted by molar-refractivity contribution is -0.120. The number of rotatable bonds is 5. The summed E-state index contributed by atoms with van der Waals surface area (Å²) in [6.07, 6.45) is 0.668. The minimum atomic E-state index is -3.93. The molecule has 0 bridgehead atoms. The Kier molecular flexibility index (Phi) is 6.14. The van der Waals surface area contributed by atoms with Crippen LogP contribution in [0, 0.1) is 11.7 Å². The molecule has 1 saturated heterocycles. The average Bonchev–Trinajstić information content (AvgIpc) is 2.69. The maximum atomic E-state index is 13.9. The predicted octanol–water partition coefficient (Wildman–Crippen LogP) is 2.36. The van der Waals surface area contributed by atoms with Crippen LogP contribution < -0.4 is 16.4 Å². The molecule has 0 aliphatic carbocycles. The van der Waals surface area contributed by atoms with E-state index in [-0.39, 0.29) is 29.8 Å². The van der Waals surface area contributed by atoms with Gasteiger partial charge in [-0.15, -0.1) is 0 Å². The van der Waals surface area contributed by atoms with Crippen LogP contribution in [0.1, 0.15) is 12.8 Å². The lowest BCUT2D eigenvalue weighted by Crippen LogP contribution is -2.41. The number of amides is 3. The van der Waals surface area contributed by atoms with E-state index in [2.05, 4.69) is 10.6 Å². The number of piperidine rings is 1. The number of nitrogens with one attached hydrogen (secondary N) is 2. The van der Waals surface area contributed by atoms with E-state index in [4.69, 9.17) is 5.73 Å². The fraction of sp³-hybridized carbons (Fsp3) is 0.263.